The minimum atomic E-state index is -4.27. The molecule has 1 aromatic carbocycles. The summed E-state index contributed by atoms with van der Waals surface area (Å²) in [6, 6.07) is 5.47. The smallest absolute Gasteiger partial charge is 0 e. The van der Waals surface area contributed by atoms with Crippen LogP contribution in [0.2, 0.25) is 0 Å². The van der Waals surface area contributed by atoms with Crippen LogP contribution in [0.4, 0.5) is 0 Å². The maximum absolute atomic E-state index is 9.58. The molecule has 0 aliphatic heterocycles. The summed E-state index contributed by atoms with van der Waals surface area (Å²) < 4.78 is 0. The van der Waals surface area contributed by atoms with Crippen molar-refractivity contribution in [2.45, 2.75) is 52.4 Å². The molecule has 3 N–H and O–H groups in total. The van der Waals surface area contributed by atoms with E-state index in [1.165, 1.54) is 0 Å². The number of hydrogen-bond donors (Lipinski definition) is 3. The first-order valence-corrected chi connectivity index (χ1v) is 8.00. The Balaban J connectivity index is 0.00000324. The van der Waals surface area contributed by atoms with E-state index in [4.69, 9.17) is 0 Å². The van der Waals surface area contributed by atoms with Crippen molar-refractivity contribution in [2.24, 2.45) is 0 Å². The van der Waals surface area contributed by atoms with E-state index >= 15 is 0 Å². The van der Waals surface area contributed by atoms with E-state index in [0.29, 0.717) is 0 Å². The van der Waals surface area contributed by atoms with E-state index in [1.54, 1.807) is 6.07 Å². The summed E-state index contributed by atoms with van der Waals surface area (Å²) in [4.78, 5) is 28.7. The average Bonchev–Trinajstić information content (AvgIpc) is 2.12. The van der Waals surface area contributed by atoms with Crippen LogP contribution in [0.25, 0.3) is 0 Å². The maximum Gasteiger partial charge on any atom is 0 e. The van der Waals surface area contributed by atoms with Crippen LogP contribution >= 0.6 is 7.94 Å². The van der Waals surface area contributed by atoms with E-state index in [9.17, 15) is 14.7 Å². The van der Waals surface area contributed by atoms with Crippen LogP contribution in [0, 0.1) is 0 Å². The molecule has 0 aliphatic carbocycles. The first-order valence-electron chi connectivity index (χ1n) is 6.16. The minimum absolute atomic E-state index is 0. The van der Waals surface area contributed by atoms with Gasteiger partial charge in [-0.25, -0.2) is 0 Å². The fourth-order valence-electron chi connectivity index (χ4n) is 1.92. The van der Waals surface area contributed by atoms with Gasteiger partial charge in [0.2, 0.25) is 0 Å². The summed E-state index contributed by atoms with van der Waals surface area (Å²) in [5, 5.41) is 0.281. The molecule has 0 saturated heterocycles. The van der Waals surface area contributed by atoms with Gasteiger partial charge in [-0.1, -0.05) is 0 Å². The zero-order chi connectivity index (χ0) is 14.4. The minimum Gasteiger partial charge on any atom is 0 e. The van der Waals surface area contributed by atoms with Crippen LogP contribution in [0.1, 0.15) is 52.7 Å². The van der Waals surface area contributed by atoms with Crippen molar-refractivity contribution in [3.8, 4) is 0 Å². The van der Waals surface area contributed by atoms with Gasteiger partial charge in [0.15, 0.2) is 0 Å². The Hall–Kier alpha value is 0.153. The predicted octanol–water partition coefficient (Wildman–Crippen LogP) is 2.38. The van der Waals surface area contributed by atoms with Gasteiger partial charge >= 0.3 is 110 Å². The summed E-state index contributed by atoms with van der Waals surface area (Å²) >= 11 is 0. The summed E-state index contributed by atoms with van der Waals surface area (Å²) in [5.74, 6) is 0. The Kier molecular flexibility index (Phi) is 5.92. The topological polar surface area (TPSA) is 60.7 Å². The molecule has 19 heavy (non-hydrogen) atoms. The quantitative estimate of drug-likeness (QED) is 0.522. The SMILES string of the molecule is CC(C)(C)c1ccc([PH](O)(O)O)c(C(C)(C)C)c1.[Rh]. The molecule has 0 amide bonds. The second-order valence-electron chi connectivity index (χ2n) is 6.90. The van der Waals surface area contributed by atoms with Crippen LogP contribution in [-0.2, 0) is 30.3 Å². The Labute approximate surface area is 129 Å². The molecular formula is C14H25O3PRh. The molecule has 0 aliphatic rings. The summed E-state index contributed by atoms with van der Waals surface area (Å²) in [5.41, 5.74) is 1.66. The zero-order valence-corrected chi connectivity index (χ0v) is 15.0. The Morgan fingerprint density at radius 3 is 1.63 bits per heavy atom. The predicted molar refractivity (Wildman–Crippen MR) is 78.4 cm³/mol. The molecule has 3 nitrogen and oxygen atoms in total. The molecule has 0 aromatic heterocycles. The molecule has 1 aromatic rings. The average molecular weight is 375 g/mol. The van der Waals surface area contributed by atoms with Crippen LogP contribution < -0.4 is 5.30 Å². The Morgan fingerprint density at radius 2 is 1.32 bits per heavy atom. The number of rotatable bonds is 1. The third-order valence-electron chi connectivity index (χ3n) is 3.05. The van der Waals surface area contributed by atoms with Crippen molar-refractivity contribution in [3.63, 3.8) is 0 Å². The number of benzene rings is 1. The summed E-state index contributed by atoms with van der Waals surface area (Å²) in [6.07, 6.45) is 0. The summed E-state index contributed by atoms with van der Waals surface area (Å²) in [6.45, 7) is 12.3. The van der Waals surface area contributed by atoms with E-state index in [1.807, 2.05) is 32.9 Å². The van der Waals surface area contributed by atoms with Crippen molar-refractivity contribution < 1.29 is 34.2 Å². The van der Waals surface area contributed by atoms with Crippen LogP contribution in [-0.4, -0.2) is 14.7 Å². The van der Waals surface area contributed by atoms with Gasteiger partial charge in [-0.3, -0.25) is 0 Å². The second-order valence-corrected chi connectivity index (χ2v) is 8.71. The molecule has 0 spiro atoms. The van der Waals surface area contributed by atoms with Gasteiger partial charge in [-0.05, 0) is 0 Å². The molecule has 0 bridgehead atoms. The van der Waals surface area contributed by atoms with Gasteiger partial charge < -0.3 is 0 Å². The van der Waals surface area contributed by atoms with Gasteiger partial charge in [0.05, 0.1) is 0 Å². The third kappa shape index (κ3) is 4.88. The molecule has 0 saturated carbocycles. The first kappa shape index (κ1) is 19.2. The van der Waals surface area contributed by atoms with Gasteiger partial charge in [0, 0.05) is 19.5 Å². The molecule has 0 unspecified atom stereocenters. The molecule has 5 heteroatoms. The fraction of sp³-hybridized carbons (Fsp3) is 0.571. The van der Waals surface area contributed by atoms with E-state index in [-0.39, 0.29) is 35.6 Å². The normalized spacial score (nSPS) is 13.9. The van der Waals surface area contributed by atoms with Crippen LogP contribution in [0.5, 0.6) is 0 Å². The standard InChI is InChI=1S/C14H25O3P.Rh/c1-13(2,3)10-7-8-12(18(15,16)17)11(9-10)14(4,5)6;/h7-9,15-18H,1-6H3;. The van der Waals surface area contributed by atoms with Crippen molar-refractivity contribution in [2.75, 3.05) is 0 Å². The van der Waals surface area contributed by atoms with Crippen molar-refractivity contribution >= 4 is 13.2 Å². The van der Waals surface area contributed by atoms with Crippen molar-refractivity contribution in [3.05, 3.63) is 29.3 Å². The molecule has 0 atom stereocenters. The summed E-state index contributed by atoms with van der Waals surface area (Å²) in [7, 11) is -4.27. The molecular weight excluding hydrogens is 350 g/mol. The molecule has 0 heterocycles. The largest absolute Gasteiger partial charge is 0 e. The van der Waals surface area contributed by atoms with Gasteiger partial charge in [-0.15, -0.1) is 0 Å². The van der Waals surface area contributed by atoms with Crippen molar-refractivity contribution in [1.29, 1.82) is 0 Å². The Bertz CT molecular complexity index is 439. The van der Waals surface area contributed by atoms with Crippen molar-refractivity contribution in [1.82, 2.24) is 0 Å². The first-order chi connectivity index (χ1) is 7.83. The zero-order valence-electron chi connectivity index (χ0n) is 12.4. The van der Waals surface area contributed by atoms with Crippen LogP contribution in [0.15, 0.2) is 18.2 Å². The van der Waals surface area contributed by atoms with E-state index < -0.39 is 7.94 Å². The second kappa shape index (κ2) is 5.87. The van der Waals surface area contributed by atoms with Gasteiger partial charge in [0.1, 0.15) is 0 Å². The molecule has 113 valence electrons. The van der Waals surface area contributed by atoms with Gasteiger partial charge in [0.25, 0.3) is 0 Å². The third-order valence-corrected chi connectivity index (χ3v) is 4.21. The van der Waals surface area contributed by atoms with E-state index in [0.717, 1.165) is 11.1 Å². The fourth-order valence-corrected chi connectivity index (χ4v) is 3.04. The maximum atomic E-state index is 9.58. The monoisotopic (exact) mass is 375 g/mol. The van der Waals surface area contributed by atoms with Gasteiger partial charge in [-0.2, -0.15) is 0 Å². The Morgan fingerprint density at radius 1 is 0.842 bits per heavy atom. The van der Waals surface area contributed by atoms with Crippen LogP contribution in [0.3, 0.4) is 0 Å². The molecule has 1 rings (SSSR count). The van der Waals surface area contributed by atoms with E-state index in [2.05, 4.69) is 20.8 Å². The molecule has 0 fully saturated rings. The number of hydrogen-bond acceptors (Lipinski definition) is 3. The molecule has 1 radical (unpaired) electrons.